The van der Waals surface area contributed by atoms with E-state index >= 15 is 0 Å². The average Bonchev–Trinajstić information content (AvgIpc) is 2.93. The number of hydrogen-bond donors (Lipinski definition) is 0. The van der Waals surface area contributed by atoms with Gasteiger partial charge in [0.2, 0.25) is 0 Å². The van der Waals surface area contributed by atoms with E-state index in [9.17, 15) is 0 Å². The average molecular weight is 654 g/mol. The van der Waals surface area contributed by atoms with Gasteiger partial charge in [0.1, 0.15) is 0 Å². The number of aromatic nitrogens is 2. The molecule has 0 aliphatic heterocycles. The van der Waals surface area contributed by atoms with Crippen molar-refractivity contribution in [3.63, 3.8) is 0 Å². The Hall–Kier alpha value is -2.27. The molecule has 0 aliphatic carbocycles. The minimum absolute atomic E-state index is 0.586. The van der Waals surface area contributed by atoms with Gasteiger partial charge in [-0.05, 0) is 149 Å². The van der Waals surface area contributed by atoms with E-state index in [2.05, 4.69) is 93.1 Å². The molecule has 0 saturated heterocycles. The van der Waals surface area contributed by atoms with Crippen LogP contribution in [0.2, 0.25) is 0 Å². The molecule has 0 amide bonds. The summed E-state index contributed by atoms with van der Waals surface area (Å²) in [6.07, 6.45) is 3.97. The summed E-state index contributed by atoms with van der Waals surface area (Å²) >= 11 is -0.586. The molecule has 0 N–H and O–H groups in total. The smallest absolute Gasteiger partial charge is 0.423 e. The van der Waals surface area contributed by atoms with E-state index in [1.54, 1.807) is 0 Å². The molecule has 212 valence electrons. The van der Waals surface area contributed by atoms with Crippen molar-refractivity contribution in [2.45, 2.75) is 83.1 Å². The van der Waals surface area contributed by atoms with Crippen LogP contribution in [0.1, 0.15) is 67.0 Å². The number of nitrogens with zero attached hydrogens (tertiary/aromatic N) is 4. The van der Waals surface area contributed by atoms with E-state index in [1.807, 2.05) is 12.4 Å². The van der Waals surface area contributed by atoms with Gasteiger partial charge in [-0.3, -0.25) is 9.97 Å². The van der Waals surface area contributed by atoms with Gasteiger partial charge in [-0.15, -0.1) is 0 Å². The summed E-state index contributed by atoms with van der Waals surface area (Å²) < 4.78 is 0. The second kappa shape index (κ2) is 16.7. The number of rotatable bonds is 0. The van der Waals surface area contributed by atoms with Crippen molar-refractivity contribution in [2.24, 2.45) is 0 Å². The second-order valence-electron chi connectivity index (χ2n) is 9.61. The molecule has 0 unspecified atom stereocenters. The van der Waals surface area contributed by atoms with Crippen LogP contribution < -0.4 is 0 Å². The normalized spacial score (nSPS) is 9.79. The maximum absolute atomic E-state index is 7.25. The summed E-state index contributed by atoms with van der Waals surface area (Å²) in [5.41, 5.74) is 27.6. The molecule has 0 saturated carbocycles. The fourth-order valence-corrected chi connectivity index (χ4v) is 5.16. The molecule has 6 nitrogen and oxygen atoms in total. The summed E-state index contributed by atoms with van der Waals surface area (Å²) in [4.78, 5) is 23.5. The van der Waals surface area contributed by atoms with Crippen LogP contribution in [0.15, 0.2) is 12.4 Å². The monoisotopic (exact) mass is 654 g/mol. The second-order valence-corrected chi connectivity index (χ2v) is 12.7. The Bertz CT molecular complexity index is 1250. The number of halogens is 2. The van der Waals surface area contributed by atoms with Gasteiger partial charge in [0.05, 0.1) is 0 Å². The third kappa shape index (κ3) is 7.90. The van der Waals surface area contributed by atoms with Crippen molar-refractivity contribution >= 4 is 40.4 Å². The zero-order valence-electron chi connectivity index (χ0n) is 24.9. The van der Waals surface area contributed by atoms with E-state index in [0.29, 0.717) is 0 Å². The van der Waals surface area contributed by atoms with Gasteiger partial charge >= 0.3 is 35.3 Å². The van der Waals surface area contributed by atoms with Crippen LogP contribution in [0.3, 0.4) is 0 Å². The first-order valence-electron chi connectivity index (χ1n) is 12.2. The third-order valence-electron chi connectivity index (χ3n) is 7.79. The first kappa shape index (κ1) is 36.7. The summed E-state index contributed by atoms with van der Waals surface area (Å²) in [5.74, 6) is 0. The number of pyridine rings is 2. The van der Waals surface area contributed by atoms with E-state index in [0.717, 1.165) is 11.4 Å². The SMILES string of the molecule is Cc1c(C)c(C)c2c(C)ncc(C)c2c1C.Cc1c(C)c(C)c2c(C)ncc(C)c2c1C.[Cl][Mo][Cl].[N-]=O.[N-]=O. The molecule has 0 aliphatic rings. The summed E-state index contributed by atoms with van der Waals surface area (Å²) in [6.45, 7) is 26.2. The van der Waals surface area contributed by atoms with Crippen LogP contribution >= 0.6 is 18.8 Å². The van der Waals surface area contributed by atoms with Gasteiger partial charge in [-0.25, -0.2) is 0 Å². The molecular weight excluding hydrogens is 615 g/mol. The van der Waals surface area contributed by atoms with Gasteiger partial charge in [0.25, 0.3) is 0 Å². The van der Waals surface area contributed by atoms with Crippen molar-refractivity contribution in [3.8, 4) is 0 Å². The predicted molar refractivity (Wildman–Crippen MR) is 165 cm³/mol. The first-order chi connectivity index (χ1) is 18.3. The van der Waals surface area contributed by atoms with Gasteiger partial charge in [-0.1, -0.05) is 0 Å². The molecule has 0 bridgehead atoms. The Morgan fingerprint density at radius 1 is 0.462 bits per heavy atom. The zero-order valence-corrected chi connectivity index (χ0v) is 28.4. The first-order valence-corrected chi connectivity index (χ1v) is 17.4. The molecule has 4 aromatic rings. The molecule has 2 aromatic carbocycles. The maximum Gasteiger partial charge on any atom is -0.423 e. The maximum atomic E-state index is 7.25. The number of aryl methyl sites for hydroxylation is 8. The molecule has 0 spiro atoms. The topological polar surface area (TPSA) is 105 Å². The van der Waals surface area contributed by atoms with E-state index in [1.165, 1.54) is 77.2 Å². The Balaban J connectivity index is 0.000000603. The predicted octanol–water partition coefficient (Wildman–Crippen LogP) is 10.2. The van der Waals surface area contributed by atoms with Crippen LogP contribution in [0, 0.1) is 92.9 Å². The third-order valence-corrected chi connectivity index (χ3v) is 7.79. The molecule has 0 fully saturated rings. The molecule has 9 heteroatoms. The Morgan fingerprint density at radius 3 is 0.897 bits per heavy atom. The zero-order chi connectivity index (χ0) is 30.8. The van der Waals surface area contributed by atoms with Crippen LogP contribution in [0.4, 0.5) is 0 Å². The summed E-state index contributed by atoms with van der Waals surface area (Å²) in [5, 5.41) is 5.49. The molecule has 2 aromatic heterocycles. The van der Waals surface area contributed by atoms with E-state index in [-0.39, 0.29) is 0 Å². The fourth-order valence-electron chi connectivity index (χ4n) is 5.16. The van der Waals surface area contributed by atoms with Crippen LogP contribution in [-0.4, -0.2) is 9.97 Å². The number of nitroso groups, excluding NO2 is 2. The van der Waals surface area contributed by atoms with Crippen molar-refractivity contribution in [3.05, 3.63) is 100 Å². The van der Waals surface area contributed by atoms with E-state index in [4.69, 9.17) is 39.8 Å². The molecule has 2 heterocycles. The molecule has 4 rings (SSSR count). The van der Waals surface area contributed by atoms with E-state index < -0.39 is 16.5 Å². The van der Waals surface area contributed by atoms with Crippen LogP contribution in [-0.2, 0) is 16.5 Å². The minimum atomic E-state index is -0.586. The Labute approximate surface area is 249 Å². The largest absolute Gasteiger partial charge is 0.577 e. The van der Waals surface area contributed by atoms with Gasteiger partial charge in [0, 0.05) is 34.6 Å². The Kier molecular flexibility index (Phi) is 15.8. The summed E-state index contributed by atoms with van der Waals surface area (Å²) in [7, 11) is 9.79. The van der Waals surface area contributed by atoms with Gasteiger partial charge in [0.15, 0.2) is 0 Å². The molecular formula is C30H38Cl2MoN4O2-2. The van der Waals surface area contributed by atoms with Gasteiger partial charge < -0.3 is 21.0 Å². The Morgan fingerprint density at radius 2 is 0.667 bits per heavy atom. The van der Waals surface area contributed by atoms with Crippen molar-refractivity contribution in [1.82, 2.24) is 9.97 Å². The molecule has 0 radical (unpaired) electrons. The quantitative estimate of drug-likeness (QED) is 0.176. The van der Waals surface area contributed by atoms with Crippen molar-refractivity contribution < 1.29 is 16.5 Å². The van der Waals surface area contributed by atoms with Crippen LogP contribution in [0.5, 0.6) is 0 Å². The van der Waals surface area contributed by atoms with Crippen molar-refractivity contribution in [2.75, 3.05) is 0 Å². The molecule has 39 heavy (non-hydrogen) atoms. The summed E-state index contributed by atoms with van der Waals surface area (Å²) in [6, 6.07) is 0. The van der Waals surface area contributed by atoms with Crippen molar-refractivity contribution in [1.29, 1.82) is 0 Å². The number of benzene rings is 2. The standard InChI is InChI=1S/2C15H19N.2ClH.Mo.2NO/c2*1-8-7-16-13(6)15-12(5)10(3)9(2)11(4)14(8)15;;;;2*1-2/h2*7H,1-6H3;2*1H;;;/q;;;;+2;2*-1/p-2. The number of fused-ring (bicyclic) bond motifs is 2. The van der Waals surface area contributed by atoms with Gasteiger partial charge in [-0.2, -0.15) is 0 Å². The molecule has 0 atom stereocenters. The minimum Gasteiger partial charge on any atom is -0.577 e. The fraction of sp³-hybridized carbons (Fsp3) is 0.400. The van der Waals surface area contributed by atoms with Crippen LogP contribution in [0.25, 0.3) is 32.7 Å². The number of hydrogen-bond acceptors (Lipinski definition) is 4.